The molecule has 0 saturated heterocycles. The van der Waals surface area contributed by atoms with Crippen molar-refractivity contribution < 1.29 is 9.88 Å². The highest BCUT2D eigenvalue weighted by molar-refractivity contribution is 5.86. The molecule has 0 unspecified atom stereocenters. The molecular formula is C20H20N4O2. The zero-order valence-electron chi connectivity index (χ0n) is 14.7. The maximum atomic E-state index is 4.86. The van der Waals surface area contributed by atoms with Gasteiger partial charge in [0.25, 0.3) is 0 Å². The zero-order chi connectivity index (χ0) is 18.4. The predicted molar refractivity (Wildman–Crippen MR) is 103 cm³/mol. The summed E-state index contributed by atoms with van der Waals surface area (Å²) in [6.07, 6.45) is 3.65. The first-order chi connectivity index (χ1) is 12.7. The molecule has 0 radical (unpaired) electrons. The maximum Gasteiger partial charge on any atom is 0.167 e. The molecule has 2 aromatic carbocycles. The summed E-state index contributed by atoms with van der Waals surface area (Å²) < 4.78 is 2.03. The number of aryl methyl sites for hydroxylation is 1. The standard InChI is InChI=1S/C20H20N4O2/c1-15-3-5-16(6-4-15)22-13-18-9-10-19(24(18)2)14-23-17-7-11-20(12-8-17)25-26-21/h3-14H,21H2,1-2H3. The number of nitrogens with two attached hydrogens (primary N) is 1. The van der Waals surface area contributed by atoms with Gasteiger partial charge in [-0.2, -0.15) is 5.90 Å². The molecule has 0 bridgehead atoms. The summed E-state index contributed by atoms with van der Waals surface area (Å²) in [5.74, 6) is 5.37. The highest BCUT2D eigenvalue weighted by Gasteiger charge is 2.01. The van der Waals surface area contributed by atoms with Gasteiger partial charge < -0.3 is 9.45 Å². The van der Waals surface area contributed by atoms with Crippen LogP contribution in [0, 0.1) is 6.92 Å². The van der Waals surface area contributed by atoms with Crippen molar-refractivity contribution in [1.29, 1.82) is 0 Å². The molecule has 6 heteroatoms. The Morgan fingerprint density at radius 2 is 1.31 bits per heavy atom. The van der Waals surface area contributed by atoms with E-state index in [1.165, 1.54) is 5.56 Å². The summed E-state index contributed by atoms with van der Waals surface area (Å²) in [4.78, 5) is 17.8. The van der Waals surface area contributed by atoms with Crippen LogP contribution in [-0.2, 0) is 12.0 Å². The number of aliphatic imine (C=N–C) groups is 2. The molecule has 2 N–H and O–H groups in total. The third-order valence-corrected chi connectivity index (χ3v) is 3.91. The van der Waals surface area contributed by atoms with Crippen LogP contribution in [0.3, 0.4) is 0 Å². The van der Waals surface area contributed by atoms with Crippen molar-refractivity contribution in [3.63, 3.8) is 0 Å². The van der Waals surface area contributed by atoms with Gasteiger partial charge in [-0.1, -0.05) is 22.7 Å². The lowest BCUT2D eigenvalue weighted by molar-refractivity contribution is -0.211. The first-order valence-electron chi connectivity index (χ1n) is 8.10. The maximum absolute atomic E-state index is 4.86. The first-order valence-corrected chi connectivity index (χ1v) is 8.10. The van der Waals surface area contributed by atoms with Crippen LogP contribution in [0.4, 0.5) is 11.4 Å². The average molecular weight is 348 g/mol. The first kappa shape index (κ1) is 17.6. The largest absolute Gasteiger partial charge is 0.342 e. The Hall–Kier alpha value is -3.22. The minimum absolute atomic E-state index is 0.514. The van der Waals surface area contributed by atoms with Gasteiger partial charge in [-0.3, -0.25) is 9.98 Å². The summed E-state index contributed by atoms with van der Waals surface area (Å²) in [6, 6.07) is 19.2. The van der Waals surface area contributed by atoms with Crippen LogP contribution < -0.4 is 10.8 Å². The van der Waals surface area contributed by atoms with Crippen LogP contribution in [0.25, 0.3) is 0 Å². The Morgan fingerprint density at radius 3 is 1.81 bits per heavy atom. The van der Waals surface area contributed by atoms with Crippen LogP contribution in [0.5, 0.6) is 5.75 Å². The number of benzene rings is 2. The third kappa shape index (κ3) is 4.44. The molecule has 0 amide bonds. The van der Waals surface area contributed by atoms with Crippen LogP contribution in [0.15, 0.2) is 70.6 Å². The van der Waals surface area contributed by atoms with Gasteiger partial charge in [0.2, 0.25) is 0 Å². The van der Waals surface area contributed by atoms with Crippen molar-refractivity contribution in [2.24, 2.45) is 22.9 Å². The van der Waals surface area contributed by atoms with Gasteiger partial charge >= 0.3 is 0 Å². The second-order valence-electron chi connectivity index (χ2n) is 5.77. The van der Waals surface area contributed by atoms with Crippen molar-refractivity contribution in [3.8, 4) is 5.75 Å². The molecule has 0 aliphatic heterocycles. The summed E-state index contributed by atoms with van der Waals surface area (Å²) in [5, 5.41) is 0. The van der Waals surface area contributed by atoms with Crippen molar-refractivity contribution in [1.82, 2.24) is 4.57 Å². The molecule has 3 rings (SSSR count). The monoisotopic (exact) mass is 348 g/mol. The van der Waals surface area contributed by atoms with E-state index in [0.29, 0.717) is 5.75 Å². The predicted octanol–water partition coefficient (Wildman–Crippen LogP) is 4.02. The van der Waals surface area contributed by atoms with Crippen molar-refractivity contribution in [2.75, 3.05) is 0 Å². The number of nitrogens with zero attached hydrogens (tertiary/aromatic N) is 3. The molecule has 0 fully saturated rings. The molecule has 0 saturated carbocycles. The SMILES string of the molecule is Cc1ccc(N=Cc2ccc(C=Nc3ccc(OON)cc3)n2C)cc1. The molecule has 1 aromatic heterocycles. The second kappa shape index (κ2) is 8.24. The molecule has 26 heavy (non-hydrogen) atoms. The van der Waals surface area contributed by atoms with E-state index in [9.17, 15) is 0 Å². The van der Waals surface area contributed by atoms with E-state index in [-0.39, 0.29) is 0 Å². The third-order valence-electron chi connectivity index (χ3n) is 3.91. The van der Waals surface area contributed by atoms with E-state index in [0.717, 1.165) is 22.8 Å². The van der Waals surface area contributed by atoms with Gasteiger partial charge in [0, 0.05) is 7.05 Å². The van der Waals surface area contributed by atoms with Gasteiger partial charge in [0.15, 0.2) is 5.75 Å². The number of hydrogen-bond acceptors (Lipinski definition) is 5. The topological polar surface area (TPSA) is 74.1 Å². The van der Waals surface area contributed by atoms with E-state index >= 15 is 0 Å². The van der Waals surface area contributed by atoms with E-state index in [1.54, 1.807) is 18.3 Å². The lowest BCUT2D eigenvalue weighted by Crippen LogP contribution is -2.02. The lowest BCUT2D eigenvalue weighted by Gasteiger charge is -2.01. The van der Waals surface area contributed by atoms with Crippen molar-refractivity contribution >= 4 is 23.8 Å². The van der Waals surface area contributed by atoms with Gasteiger partial charge in [-0.25, -0.2) is 0 Å². The van der Waals surface area contributed by atoms with Gasteiger partial charge in [0.05, 0.1) is 35.2 Å². The highest BCUT2D eigenvalue weighted by atomic mass is 17.3. The van der Waals surface area contributed by atoms with Crippen molar-refractivity contribution in [2.45, 2.75) is 6.92 Å². The minimum atomic E-state index is 0.514. The normalized spacial score (nSPS) is 11.5. The molecule has 0 spiro atoms. The Morgan fingerprint density at radius 1 is 0.808 bits per heavy atom. The van der Waals surface area contributed by atoms with Gasteiger partial charge in [-0.05, 0) is 55.5 Å². The molecule has 0 atom stereocenters. The van der Waals surface area contributed by atoms with Crippen LogP contribution in [-0.4, -0.2) is 17.0 Å². The molecule has 0 aliphatic rings. The van der Waals surface area contributed by atoms with E-state index in [4.69, 9.17) is 10.8 Å². The van der Waals surface area contributed by atoms with Crippen molar-refractivity contribution in [3.05, 3.63) is 77.6 Å². The molecular weight excluding hydrogens is 328 g/mol. The summed E-state index contributed by atoms with van der Waals surface area (Å²) in [6.45, 7) is 2.06. The zero-order valence-corrected chi connectivity index (χ0v) is 14.7. The van der Waals surface area contributed by atoms with E-state index < -0.39 is 0 Å². The fraction of sp³-hybridized carbons (Fsp3) is 0.100. The Bertz CT molecular complexity index is 910. The number of rotatable bonds is 6. The van der Waals surface area contributed by atoms with Gasteiger partial charge in [0.1, 0.15) is 0 Å². The Balaban J connectivity index is 1.71. The minimum Gasteiger partial charge on any atom is -0.342 e. The fourth-order valence-corrected chi connectivity index (χ4v) is 2.36. The summed E-state index contributed by atoms with van der Waals surface area (Å²) >= 11 is 0. The van der Waals surface area contributed by atoms with Crippen LogP contribution in [0.1, 0.15) is 17.0 Å². The highest BCUT2D eigenvalue weighted by Crippen LogP contribution is 2.18. The molecule has 0 aliphatic carbocycles. The molecule has 1 heterocycles. The Kier molecular flexibility index (Phi) is 5.58. The summed E-state index contributed by atoms with van der Waals surface area (Å²) in [7, 11) is 1.98. The quantitative estimate of drug-likeness (QED) is 0.415. The Labute approximate surface area is 152 Å². The lowest BCUT2D eigenvalue weighted by atomic mass is 10.2. The summed E-state index contributed by atoms with van der Waals surface area (Å²) in [5.41, 5.74) is 4.91. The molecule has 132 valence electrons. The van der Waals surface area contributed by atoms with Crippen LogP contribution >= 0.6 is 0 Å². The van der Waals surface area contributed by atoms with Crippen LogP contribution in [0.2, 0.25) is 0 Å². The average Bonchev–Trinajstić information content (AvgIpc) is 3.01. The van der Waals surface area contributed by atoms with E-state index in [1.807, 2.05) is 66.4 Å². The van der Waals surface area contributed by atoms with Gasteiger partial charge in [-0.15, -0.1) is 0 Å². The fourth-order valence-electron chi connectivity index (χ4n) is 2.36. The number of aromatic nitrogens is 1. The smallest absolute Gasteiger partial charge is 0.167 e. The van der Waals surface area contributed by atoms with E-state index in [2.05, 4.69) is 21.9 Å². The molecule has 6 nitrogen and oxygen atoms in total. The second-order valence-corrected chi connectivity index (χ2v) is 5.77. The molecule has 3 aromatic rings. The number of hydrogen-bond donors (Lipinski definition) is 1.